The van der Waals surface area contributed by atoms with Gasteiger partial charge < -0.3 is 10.2 Å². The number of aromatic hydroxyl groups is 2. The van der Waals surface area contributed by atoms with Crippen LogP contribution in [0, 0.1) is 19.8 Å². The average molecular weight is 383 g/mol. The molecule has 2 N–H and O–H groups in total. The van der Waals surface area contributed by atoms with Crippen molar-refractivity contribution in [2.45, 2.75) is 86.0 Å². The highest BCUT2D eigenvalue weighted by Gasteiger charge is 2.28. The summed E-state index contributed by atoms with van der Waals surface area (Å²) in [6, 6.07) is 8.20. The summed E-state index contributed by atoms with van der Waals surface area (Å²) in [6.45, 7) is 21.5. The Morgan fingerprint density at radius 3 is 1.21 bits per heavy atom. The Balaban J connectivity index is 2.79. The second-order valence-corrected chi connectivity index (χ2v) is 10.7. The molecule has 0 atom stereocenters. The van der Waals surface area contributed by atoms with Crippen LogP contribution in [0.15, 0.2) is 24.3 Å². The zero-order chi connectivity index (χ0) is 21.6. The van der Waals surface area contributed by atoms with Crippen molar-refractivity contribution < 1.29 is 10.2 Å². The Hall–Kier alpha value is -1.96. The highest BCUT2D eigenvalue weighted by Crippen LogP contribution is 2.43. The number of phenolic OH excluding ortho intramolecular Hbond substituents is 2. The van der Waals surface area contributed by atoms with Gasteiger partial charge in [0.25, 0.3) is 0 Å². The zero-order valence-electron chi connectivity index (χ0n) is 19.4. The molecule has 2 nitrogen and oxygen atoms in total. The van der Waals surface area contributed by atoms with Gasteiger partial charge in [-0.05, 0) is 76.1 Å². The highest BCUT2D eigenvalue weighted by atomic mass is 16.3. The van der Waals surface area contributed by atoms with E-state index < -0.39 is 0 Å². The van der Waals surface area contributed by atoms with E-state index in [1.165, 1.54) is 11.1 Å². The first-order valence-electron chi connectivity index (χ1n) is 10.3. The molecule has 0 aliphatic carbocycles. The van der Waals surface area contributed by atoms with Crippen LogP contribution < -0.4 is 0 Å². The van der Waals surface area contributed by atoms with Crippen LogP contribution in [0.4, 0.5) is 0 Å². The maximum atomic E-state index is 10.6. The van der Waals surface area contributed by atoms with Crippen LogP contribution in [-0.4, -0.2) is 10.2 Å². The topological polar surface area (TPSA) is 40.5 Å². The largest absolute Gasteiger partial charge is 0.508 e. The standard InChI is InChI=1S/C26H38O2/c1-15(2)24(18-13-20(25(5,6)7)22(27)11-16(18)3)19-14-21(26(8,9)10)23(28)12-17(19)4/h11-15,24,27-28H,1-10H3. The van der Waals surface area contributed by atoms with E-state index in [1.807, 2.05) is 12.1 Å². The first-order valence-corrected chi connectivity index (χ1v) is 10.3. The van der Waals surface area contributed by atoms with Crippen LogP contribution in [-0.2, 0) is 10.8 Å². The summed E-state index contributed by atoms with van der Waals surface area (Å²) in [7, 11) is 0. The van der Waals surface area contributed by atoms with E-state index in [-0.39, 0.29) is 16.7 Å². The summed E-state index contributed by atoms with van der Waals surface area (Å²) in [4.78, 5) is 0. The molecule has 0 aliphatic rings. The van der Waals surface area contributed by atoms with Gasteiger partial charge in [-0.25, -0.2) is 0 Å². The van der Waals surface area contributed by atoms with Gasteiger partial charge in [0, 0.05) is 5.92 Å². The Kier molecular flexibility index (Phi) is 5.95. The Morgan fingerprint density at radius 1 is 0.643 bits per heavy atom. The van der Waals surface area contributed by atoms with E-state index in [0.29, 0.717) is 17.4 Å². The number of benzene rings is 2. The lowest BCUT2D eigenvalue weighted by atomic mass is 9.74. The highest BCUT2D eigenvalue weighted by molar-refractivity contribution is 5.52. The molecular weight excluding hydrogens is 344 g/mol. The number of hydrogen-bond acceptors (Lipinski definition) is 2. The number of hydrogen-bond donors (Lipinski definition) is 2. The van der Waals surface area contributed by atoms with Crippen LogP contribution in [0.1, 0.15) is 94.7 Å². The molecule has 154 valence electrons. The molecule has 0 amide bonds. The van der Waals surface area contributed by atoms with Crippen molar-refractivity contribution in [2.75, 3.05) is 0 Å². The van der Waals surface area contributed by atoms with Crippen LogP contribution in [0.3, 0.4) is 0 Å². The molecule has 0 saturated carbocycles. The van der Waals surface area contributed by atoms with Crippen molar-refractivity contribution in [3.8, 4) is 11.5 Å². The summed E-state index contributed by atoms with van der Waals surface area (Å²) in [5, 5.41) is 21.1. The summed E-state index contributed by atoms with van der Waals surface area (Å²) in [6.07, 6.45) is 0. The van der Waals surface area contributed by atoms with E-state index in [0.717, 1.165) is 22.3 Å². The van der Waals surface area contributed by atoms with Gasteiger partial charge in [0.05, 0.1) is 0 Å². The predicted octanol–water partition coefficient (Wildman–Crippen LogP) is 7.10. The third-order valence-corrected chi connectivity index (χ3v) is 5.72. The molecule has 0 aromatic heterocycles. The maximum absolute atomic E-state index is 10.6. The summed E-state index contributed by atoms with van der Waals surface area (Å²) >= 11 is 0. The van der Waals surface area contributed by atoms with E-state index >= 15 is 0 Å². The summed E-state index contributed by atoms with van der Waals surface area (Å²) in [5.41, 5.74) is 6.42. The van der Waals surface area contributed by atoms with Crippen molar-refractivity contribution in [2.24, 2.45) is 5.92 Å². The van der Waals surface area contributed by atoms with Crippen molar-refractivity contribution >= 4 is 0 Å². The second-order valence-electron chi connectivity index (χ2n) is 10.7. The second kappa shape index (κ2) is 7.46. The number of rotatable bonds is 3. The lowest BCUT2D eigenvalue weighted by Gasteiger charge is -2.30. The molecule has 2 aromatic rings. The molecular formula is C26H38O2. The van der Waals surface area contributed by atoms with Gasteiger partial charge in [-0.1, -0.05) is 67.5 Å². The molecule has 0 heterocycles. The van der Waals surface area contributed by atoms with Gasteiger partial charge in [-0.15, -0.1) is 0 Å². The molecule has 28 heavy (non-hydrogen) atoms. The third kappa shape index (κ3) is 4.37. The maximum Gasteiger partial charge on any atom is 0.119 e. The Morgan fingerprint density at radius 2 is 0.964 bits per heavy atom. The molecule has 0 saturated heterocycles. The zero-order valence-corrected chi connectivity index (χ0v) is 19.4. The summed E-state index contributed by atoms with van der Waals surface area (Å²) in [5.74, 6) is 1.32. The molecule has 2 aromatic carbocycles. The van der Waals surface area contributed by atoms with E-state index in [9.17, 15) is 10.2 Å². The lowest BCUT2D eigenvalue weighted by molar-refractivity contribution is 0.443. The molecule has 0 aliphatic heterocycles. The molecule has 2 rings (SSSR count). The van der Waals surface area contributed by atoms with Gasteiger partial charge >= 0.3 is 0 Å². The van der Waals surface area contributed by atoms with Crippen LogP contribution in [0.5, 0.6) is 11.5 Å². The minimum absolute atomic E-state index is 0.130. The average Bonchev–Trinajstić information content (AvgIpc) is 2.48. The van der Waals surface area contributed by atoms with Crippen molar-refractivity contribution in [3.05, 3.63) is 57.6 Å². The molecule has 2 heteroatoms. The molecule has 0 bridgehead atoms. The normalized spacial score (nSPS) is 12.9. The first kappa shape index (κ1) is 22.3. The monoisotopic (exact) mass is 382 g/mol. The fourth-order valence-corrected chi connectivity index (χ4v) is 4.18. The van der Waals surface area contributed by atoms with Crippen LogP contribution in [0.25, 0.3) is 0 Å². The molecule has 0 unspecified atom stereocenters. The van der Waals surface area contributed by atoms with Gasteiger partial charge in [0.1, 0.15) is 11.5 Å². The Bertz CT molecular complexity index is 792. The number of phenols is 2. The van der Waals surface area contributed by atoms with Crippen LogP contribution in [0.2, 0.25) is 0 Å². The predicted molar refractivity (Wildman–Crippen MR) is 120 cm³/mol. The molecule has 0 fully saturated rings. The fraction of sp³-hybridized carbons (Fsp3) is 0.538. The summed E-state index contributed by atoms with van der Waals surface area (Å²) < 4.78 is 0. The minimum atomic E-state index is -0.130. The van der Waals surface area contributed by atoms with Gasteiger partial charge in [0.15, 0.2) is 0 Å². The minimum Gasteiger partial charge on any atom is -0.508 e. The van der Waals surface area contributed by atoms with E-state index in [1.54, 1.807) is 0 Å². The van der Waals surface area contributed by atoms with E-state index in [4.69, 9.17) is 0 Å². The first-order chi connectivity index (χ1) is 12.6. The van der Waals surface area contributed by atoms with Crippen molar-refractivity contribution in [3.63, 3.8) is 0 Å². The van der Waals surface area contributed by atoms with Crippen molar-refractivity contribution in [1.29, 1.82) is 0 Å². The smallest absolute Gasteiger partial charge is 0.119 e. The van der Waals surface area contributed by atoms with E-state index in [2.05, 4.69) is 81.4 Å². The van der Waals surface area contributed by atoms with Gasteiger partial charge in [-0.2, -0.15) is 0 Å². The molecule has 0 radical (unpaired) electrons. The van der Waals surface area contributed by atoms with Gasteiger partial charge in [-0.3, -0.25) is 0 Å². The van der Waals surface area contributed by atoms with Gasteiger partial charge in [0.2, 0.25) is 0 Å². The Labute approximate surface area is 171 Å². The quantitative estimate of drug-likeness (QED) is 0.594. The fourth-order valence-electron chi connectivity index (χ4n) is 4.18. The van der Waals surface area contributed by atoms with Crippen molar-refractivity contribution in [1.82, 2.24) is 0 Å². The lowest BCUT2D eigenvalue weighted by Crippen LogP contribution is -2.18. The third-order valence-electron chi connectivity index (χ3n) is 5.72. The SMILES string of the molecule is Cc1cc(O)c(C(C)(C)C)cc1C(c1cc(C(C)(C)C)c(O)cc1C)C(C)C. The number of aryl methyl sites for hydroxylation is 2. The molecule has 0 spiro atoms. The van der Waals surface area contributed by atoms with Crippen LogP contribution >= 0.6 is 0 Å².